The molecule has 1 unspecified atom stereocenters. The number of hydrogen-bond acceptors (Lipinski definition) is 5. The first kappa shape index (κ1) is 17.9. The quantitative estimate of drug-likeness (QED) is 0.751. The number of fused-ring (bicyclic) bond motifs is 1. The van der Waals surface area contributed by atoms with E-state index in [1.807, 2.05) is 54.6 Å². The Balaban J connectivity index is 1.76. The third-order valence-corrected chi connectivity index (χ3v) is 5.48. The molecule has 0 bridgehead atoms. The molecule has 0 saturated carbocycles. The maximum Gasteiger partial charge on any atom is 0.209 e. The lowest BCUT2D eigenvalue weighted by molar-refractivity contribution is 0.466. The van der Waals surface area contributed by atoms with Gasteiger partial charge in [-0.15, -0.1) is 0 Å². The number of sulfonamides is 1. The summed E-state index contributed by atoms with van der Waals surface area (Å²) in [6.07, 6.45) is 2.95. The summed E-state index contributed by atoms with van der Waals surface area (Å²) in [5.41, 5.74) is 1.85. The van der Waals surface area contributed by atoms with Crippen LogP contribution in [0.3, 0.4) is 0 Å². The molecule has 2 aromatic carbocycles. The highest BCUT2D eigenvalue weighted by atomic mass is 32.2. The summed E-state index contributed by atoms with van der Waals surface area (Å²) >= 11 is 0. The second kappa shape index (κ2) is 7.25. The van der Waals surface area contributed by atoms with E-state index in [1.165, 1.54) is 6.26 Å². The molecule has 0 spiro atoms. The van der Waals surface area contributed by atoms with Crippen molar-refractivity contribution in [1.29, 1.82) is 0 Å². The van der Waals surface area contributed by atoms with Crippen LogP contribution in [0.25, 0.3) is 22.3 Å². The Morgan fingerprint density at radius 2 is 1.78 bits per heavy atom. The lowest BCUT2D eigenvalue weighted by Crippen LogP contribution is -2.47. The van der Waals surface area contributed by atoms with Crippen LogP contribution in [0.5, 0.6) is 0 Å². The molecule has 3 aromatic rings. The summed E-state index contributed by atoms with van der Waals surface area (Å²) in [7, 11) is -3.23. The molecule has 1 fully saturated rings. The van der Waals surface area contributed by atoms with E-state index < -0.39 is 10.0 Å². The molecule has 1 saturated heterocycles. The molecule has 2 heterocycles. The molecule has 0 radical (unpaired) electrons. The van der Waals surface area contributed by atoms with E-state index in [0.717, 1.165) is 41.7 Å². The lowest BCUT2D eigenvalue weighted by atomic mass is 10.1. The summed E-state index contributed by atoms with van der Waals surface area (Å²) in [6, 6.07) is 17.8. The van der Waals surface area contributed by atoms with Gasteiger partial charge in [0.05, 0.1) is 11.8 Å². The van der Waals surface area contributed by atoms with Gasteiger partial charge in [0, 0.05) is 30.1 Å². The summed E-state index contributed by atoms with van der Waals surface area (Å²) in [4.78, 5) is 11.8. The smallest absolute Gasteiger partial charge is 0.209 e. The molecular weight excluding hydrogens is 360 g/mol. The number of para-hydroxylation sites is 1. The predicted molar refractivity (Wildman–Crippen MR) is 108 cm³/mol. The maximum atomic E-state index is 11.6. The number of nitrogens with zero attached hydrogens (tertiary/aromatic N) is 3. The maximum absolute atomic E-state index is 11.6. The molecule has 1 aromatic heterocycles. The molecule has 27 heavy (non-hydrogen) atoms. The van der Waals surface area contributed by atoms with Crippen molar-refractivity contribution in [2.45, 2.75) is 18.9 Å². The standard InChI is InChI=1S/C20H22N4O2S/c1-27(25,26)23-16-10-7-13-24(14-16)20-17-11-5-6-12-18(17)21-19(22-20)15-8-3-2-4-9-15/h2-6,8-9,11-12,16,23H,7,10,13-14H2,1H3. The van der Waals surface area contributed by atoms with E-state index in [1.54, 1.807) is 0 Å². The highest BCUT2D eigenvalue weighted by Gasteiger charge is 2.25. The highest BCUT2D eigenvalue weighted by Crippen LogP contribution is 2.29. The summed E-state index contributed by atoms with van der Waals surface area (Å²) < 4.78 is 26.0. The predicted octanol–water partition coefficient (Wildman–Crippen LogP) is 2.81. The highest BCUT2D eigenvalue weighted by molar-refractivity contribution is 7.88. The zero-order valence-corrected chi connectivity index (χ0v) is 16.0. The minimum atomic E-state index is -3.23. The third-order valence-electron chi connectivity index (χ3n) is 4.72. The van der Waals surface area contributed by atoms with Crippen molar-refractivity contribution in [2.75, 3.05) is 24.2 Å². The summed E-state index contributed by atoms with van der Waals surface area (Å²) in [5, 5.41) is 0.984. The van der Waals surface area contributed by atoms with Crippen molar-refractivity contribution in [3.63, 3.8) is 0 Å². The molecule has 0 amide bonds. The van der Waals surface area contributed by atoms with Crippen LogP contribution in [0, 0.1) is 0 Å². The first-order chi connectivity index (χ1) is 13.0. The molecule has 1 atom stereocenters. The SMILES string of the molecule is CS(=O)(=O)NC1CCCN(c2nc(-c3ccccc3)nc3ccccc23)C1. The lowest BCUT2D eigenvalue weighted by Gasteiger charge is -2.34. The van der Waals surface area contributed by atoms with Gasteiger partial charge in [-0.1, -0.05) is 42.5 Å². The Morgan fingerprint density at radius 3 is 2.56 bits per heavy atom. The Morgan fingerprint density at radius 1 is 1.04 bits per heavy atom. The van der Waals surface area contributed by atoms with Crippen LogP contribution in [0.15, 0.2) is 54.6 Å². The second-order valence-corrected chi connectivity index (χ2v) is 8.71. The summed E-state index contributed by atoms with van der Waals surface area (Å²) in [5.74, 6) is 1.54. The molecule has 4 rings (SSSR count). The van der Waals surface area contributed by atoms with Gasteiger partial charge in [0.1, 0.15) is 5.82 Å². The van der Waals surface area contributed by atoms with Gasteiger partial charge in [0.2, 0.25) is 10.0 Å². The van der Waals surface area contributed by atoms with Gasteiger partial charge in [0.15, 0.2) is 5.82 Å². The number of hydrogen-bond donors (Lipinski definition) is 1. The van der Waals surface area contributed by atoms with Gasteiger partial charge in [-0.25, -0.2) is 23.1 Å². The number of benzene rings is 2. The van der Waals surface area contributed by atoms with E-state index in [2.05, 4.69) is 9.62 Å². The van der Waals surface area contributed by atoms with Crippen LogP contribution >= 0.6 is 0 Å². The minimum absolute atomic E-state index is 0.109. The molecule has 7 heteroatoms. The molecule has 1 aliphatic rings. The number of rotatable bonds is 4. The average Bonchev–Trinajstić information content (AvgIpc) is 2.67. The van der Waals surface area contributed by atoms with Crippen molar-refractivity contribution >= 4 is 26.7 Å². The van der Waals surface area contributed by atoms with E-state index in [9.17, 15) is 8.42 Å². The van der Waals surface area contributed by atoms with Crippen LogP contribution < -0.4 is 9.62 Å². The number of piperidine rings is 1. The van der Waals surface area contributed by atoms with Gasteiger partial charge in [0.25, 0.3) is 0 Å². The van der Waals surface area contributed by atoms with Crippen LogP contribution in [0.2, 0.25) is 0 Å². The Labute approximate surface area is 159 Å². The monoisotopic (exact) mass is 382 g/mol. The normalized spacial score (nSPS) is 18.0. The molecule has 0 aliphatic carbocycles. The van der Waals surface area contributed by atoms with Gasteiger partial charge in [-0.05, 0) is 25.0 Å². The average molecular weight is 382 g/mol. The van der Waals surface area contributed by atoms with E-state index >= 15 is 0 Å². The minimum Gasteiger partial charge on any atom is -0.354 e. The largest absolute Gasteiger partial charge is 0.354 e. The first-order valence-corrected chi connectivity index (χ1v) is 10.9. The van der Waals surface area contributed by atoms with Gasteiger partial charge in [-0.2, -0.15) is 0 Å². The van der Waals surface area contributed by atoms with Gasteiger partial charge < -0.3 is 4.90 Å². The van der Waals surface area contributed by atoms with E-state index in [4.69, 9.17) is 9.97 Å². The number of nitrogens with one attached hydrogen (secondary N) is 1. The fourth-order valence-electron chi connectivity index (χ4n) is 3.59. The van der Waals surface area contributed by atoms with Gasteiger partial charge >= 0.3 is 0 Å². The van der Waals surface area contributed by atoms with Crippen LogP contribution in [-0.2, 0) is 10.0 Å². The number of aromatic nitrogens is 2. The first-order valence-electron chi connectivity index (χ1n) is 9.04. The zero-order chi connectivity index (χ0) is 18.9. The Kier molecular flexibility index (Phi) is 4.80. The molecular formula is C20H22N4O2S. The topological polar surface area (TPSA) is 75.2 Å². The third kappa shape index (κ3) is 4.09. The zero-order valence-electron chi connectivity index (χ0n) is 15.2. The van der Waals surface area contributed by atoms with Crippen LogP contribution in [0.1, 0.15) is 12.8 Å². The van der Waals surface area contributed by atoms with E-state index in [-0.39, 0.29) is 6.04 Å². The van der Waals surface area contributed by atoms with Crippen molar-refractivity contribution in [3.05, 3.63) is 54.6 Å². The van der Waals surface area contributed by atoms with E-state index in [0.29, 0.717) is 12.4 Å². The van der Waals surface area contributed by atoms with Crippen LogP contribution in [0.4, 0.5) is 5.82 Å². The van der Waals surface area contributed by atoms with Crippen molar-refractivity contribution in [2.24, 2.45) is 0 Å². The fourth-order valence-corrected chi connectivity index (χ4v) is 4.38. The van der Waals surface area contributed by atoms with Crippen LogP contribution in [-0.4, -0.2) is 43.8 Å². The molecule has 1 N–H and O–H groups in total. The fraction of sp³-hybridized carbons (Fsp3) is 0.300. The van der Waals surface area contributed by atoms with Gasteiger partial charge in [-0.3, -0.25) is 0 Å². The second-order valence-electron chi connectivity index (χ2n) is 6.93. The molecule has 1 aliphatic heterocycles. The molecule has 6 nitrogen and oxygen atoms in total. The summed E-state index contributed by atoms with van der Waals surface area (Å²) in [6.45, 7) is 1.44. The van der Waals surface area contributed by atoms with Crippen molar-refractivity contribution in [3.8, 4) is 11.4 Å². The number of anilines is 1. The Bertz CT molecular complexity index is 1050. The molecule has 140 valence electrons. The van der Waals surface area contributed by atoms with Crippen molar-refractivity contribution in [1.82, 2.24) is 14.7 Å². The Hall–Kier alpha value is -2.51. The van der Waals surface area contributed by atoms with Crippen molar-refractivity contribution < 1.29 is 8.42 Å².